The van der Waals surface area contributed by atoms with E-state index in [4.69, 9.17) is 13.6 Å². The minimum absolute atomic E-state index is 0.00408. The molecule has 25 heavy (non-hydrogen) atoms. The summed E-state index contributed by atoms with van der Waals surface area (Å²) >= 11 is 0. The zero-order chi connectivity index (χ0) is 20.5. The van der Waals surface area contributed by atoms with Gasteiger partial charge >= 0.3 is 6.09 Å². The van der Waals surface area contributed by atoms with E-state index in [9.17, 15) is 19.2 Å². The summed E-state index contributed by atoms with van der Waals surface area (Å²) in [6, 6.07) is 3.89. The molecule has 9 heteroatoms. The van der Waals surface area contributed by atoms with Crippen molar-refractivity contribution in [3.8, 4) is 0 Å². The first-order valence-corrected chi connectivity index (χ1v) is 7.82. The average molecular weight is 356 g/mol. The first kappa shape index (κ1) is 14.0. The number of nitrogens with zero attached hydrogens (tertiary/aromatic N) is 2. The lowest BCUT2D eigenvalue weighted by molar-refractivity contribution is -0.119. The highest BCUT2D eigenvalue weighted by molar-refractivity contribution is 5.90. The third-order valence-corrected chi connectivity index (χ3v) is 4.24. The van der Waals surface area contributed by atoms with Gasteiger partial charge in [-0.25, -0.2) is 9.18 Å². The molecule has 1 aromatic rings. The second kappa shape index (κ2) is 6.95. The lowest BCUT2D eigenvalue weighted by Gasteiger charge is -2.44. The number of amides is 2. The van der Waals surface area contributed by atoms with Crippen LogP contribution >= 0.6 is 0 Å². The van der Waals surface area contributed by atoms with Crippen molar-refractivity contribution >= 4 is 23.4 Å². The fourth-order valence-corrected chi connectivity index (χ4v) is 2.92. The number of quaternary nitrogens is 1. The summed E-state index contributed by atoms with van der Waals surface area (Å²) in [7, 11) is 0. The highest BCUT2D eigenvalue weighted by Crippen LogP contribution is 2.31. The van der Waals surface area contributed by atoms with Crippen LogP contribution in [0.5, 0.6) is 0 Å². The predicted molar refractivity (Wildman–Crippen MR) is 88.4 cm³/mol. The minimum Gasteiger partial charge on any atom is -0.627 e. The van der Waals surface area contributed by atoms with E-state index in [1.807, 2.05) is 0 Å². The molecule has 1 atom stereocenters. The molecule has 2 fully saturated rings. The average Bonchev–Trinajstić information content (AvgIpc) is 3.00. The summed E-state index contributed by atoms with van der Waals surface area (Å²) in [5.74, 6) is -1.88. The summed E-state index contributed by atoms with van der Waals surface area (Å²) in [6.45, 7) is -2.27. The smallest absolute Gasteiger partial charge is 0.414 e. The number of hydroxylamine groups is 2. The van der Waals surface area contributed by atoms with Crippen molar-refractivity contribution in [3.05, 3.63) is 29.2 Å². The van der Waals surface area contributed by atoms with Gasteiger partial charge in [0.25, 0.3) is 0 Å². The van der Waals surface area contributed by atoms with E-state index in [0.29, 0.717) is 0 Å². The lowest BCUT2D eigenvalue weighted by Crippen LogP contribution is -2.52. The number of benzene rings is 1. The van der Waals surface area contributed by atoms with Crippen LogP contribution in [0.25, 0.3) is 0 Å². The summed E-state index contributed by atoms with van der Waals surface area (Å²) in [4.78, 5) is 24.6. The van der Waals surface area contributed by atoms with Gasteiger partial charge in [-0.15, -0.1) is 0 Å². The Hall–Kier alpha value is -2.23. The highest BCUT2D eigenvalue weighted by atomic mass is 19.1. The molecule has 0 bridgehead atoms. The van der Waals surface area contributed by atoms with Crippen LogP contribution in [0.3, 0.4) is 0 Å². The number of hydrogen-bond donors (Lipinski definition) is 1. The number of anilines is 1. The van der Waals surface area contributed by atoms with Gasteiger partial charge in [-0.2, -0.15) is 0 Å². The number of cyclic esters (lactones) is 1. The summed E-state index contributed by atoms with van der Waals surface area (Å²) in [5.41, 5.74) is 0.178. The molecule has 0 unspecified atom stereocenters. The van der Waals surface area contributed by atoms with Crippen LogP contribution in [-0.4, -0.2) is 57.5 Å². The molecule has 3 rings (SSSR count). The van der Waals surface area contributed by atoms with Crippen molar-refractivity contribution in [2.24, 2.45) is 0 Å². The number of morpholine rings is 1. The lowest BCUT2D eigenvalue weighted by atomic mass is 10.2. The molecular formula is C16H20FN3O5. The zero-order valence-electron chi connectivity index (χ0n) is 16.4. The Bertz CT molecular complexity index is 770. The molecular weight excluding hydrogens is 333 g/mol. The number of rotatable bonds is 4. The van der Waals surface area contributed by atoms with E-state index in [1.165, 1.54) is 12.1 Å². The van der Waals surface area contributed by atoms with E-state index in [2.05, 4.69) is 5.32 Å². The van der Waals surface area contributed by atoms with Gasteiger partial charge in [0.05, 0.1) is 32.0 Å². The Labute approximate surface area is 148 Å². The second-order valence-electron chi connectivity index (χ2n) is 5.91. The molecule has 1 N–H and O–H groups in total. The largest absolute Gasteiger partial charge is 0.627 e. The summed E-state index contributed by atoms with van der Waals surface area (Å²) in [6.07, 6.45) is -1.53. The standard InChI is InChI=1S/C16H20FN3O5/c1-11(21)18-9-13-10-19(16(22)25-13)12-2-3-15(14(17)8-12)20(23)4-6-24-7-5-20/h2-3,8,13H,4-7,9-10H2,1H3,(H,18,21)/t13-/m0/s1/i1D3. The molecule has 0 radical (unpaired) electrons. The predicted octanol–water partition coefficient (Wildman–Crippen LogP) is 1.12. The number of ether oxygens (including phenoxy) is 2. The Morgan fingerprint density at radius 3 is 2.96 bits per heavy atom. The summed E-state index contributed by atoms with van der Waals surface area (Å²) in [5, 5.41) is 14.9. The fourth-order valence-electron chi connectivity index (χ4n) is 2.92. The van der Waals surface area contributed by atoms with Gasteiger partial charge in [0.2, 0.25) is 5.91 Å². The molecule has 2 heterocycles. The second-order valence-corrected chi connectivity index (χ2v) is 5.91. The maximum Gasteiger partial charge on any atom is 0.414 e. The van der Waals surface area contributed by atoms with Gasteiger partial charge in [-0.1, -0.05) is 0 Å². The molecule has 2 aliphatic rings. The first-order valence-electron chi connectivity index (χ1n) is 9.32. The fraction of sp³-hybridized carbons (Fsp3) is 0.500. The number of nitrogens with one attached hydrogen (secondary N) is 1. The van der Waals surface area contributed by atoms with E-state index >= 15 is 0 Å². The van der Waals surface area contributed by atoms with E-state index in [-0.39, 0.29) is 50.8 Å². The van der Waals surface area contributed by atoms with E-state index < -0.39 is 35.4 Å². The maximum atomic E-state index is 14.6. The van der Waals surface area contributed by atoms with Crippen LogP contribution in [0.1, 0.15) is 11.0 Å². The third-order valence-electron chi connectivity index (χ3n) is 4.24. The van der Waals surface area contributed by atoms with Gasteiger partial charge < -0.3 is 24.6 Å². The highest BCUT2D eigenvalue weighted by Gasteiger charge is 2.34. The van der Waals surface area contributed by atoms with E-state index in [1.54, 1.807) is 0 Å². The van der Waals surface area contributed by atoms with Crippen LogP contribution in [0.15, 0.2) is 18.2 Å². The molecule has 1 aromatic carbocycles. The maximum absolute atomic E-state index is 14.6. The number of carbonyl (C=O) groups excluding carboxylic acids is 2. The number of hydrogen-bond acceptors (Lipinski definition) is 5. The van der Waals surface area contributed by atoms with Crippen molar-refractivity contribution in [2.45, 2.75) is 13.0 Å². The van der Waals surface area contributed by atoms with Gasteiger partial charge in [0.1, 0.15) is 19.2 Å². The quantitative estimate of drug-likeness (QED) is 0.645. The van der Waals surface area contributed by atoms with Crippen LogP contribution in [0, 0.1) is 11.0 Å². The zero-order valence-corrected chi connectivity index (χ0v) is 13.4. The molecule has 2 amide bonds. The molecule has 136 valence electrons. The molecule has 0 aliphatic carbocycles. The van der Waals surface area contributed by atoms with Crippen LogP contribution in [0.4, 0.5) is 20.6 Å². The topological polar surface area (TPSA) is 90.9 Å². The Kier molecular flexibility index (Phi) is 3.89. The number of halogens is 1. The normalized spacial score (nSPS) is 24.9. The minimum atomic E-state index is -2.79. The van der Waals surface area contributed by atoms with Gasteiger partial charge in [-0.05, 0) is 6.07 Å². The molecule has 2 aliphatic heterocycles. The van der Waals surface area contributed by atoms with Crippen molar-refractivity contribution < 1.29 is 27.6 Å². The van der Waals surface area contributed by atoms with Crippen LogP contribution in [-0.2, 0) is 14.3 Å². The Morgan fingerprint density at radius 1 is 1.52 bits per heavy atom. The molecule has 2 saturated heterocycles. The van der Waals surface area contributed by atoms with Gasteiger partial charge in [0, 0.05) is 23.1 Å². The van der Waals surface area contributed by atoms with Crippen molar-refractivity contribution in [1.29, 1.82) is 0 Å². The molecule has 0 aromatic heterocycles. The first-order chi connectivity index (χ1) is 13.1. The van der Waals surface area contributed by atoms with E-state index in [0.717, 1.165) is 11.0 Å². The van der Waals surface area contributed by atoms with Crippen molar-refractivity contribution in [1.82, 2.24) is 9.96 Å². The SMILES string of the molecule is [2H]C([2H])([2H])C(=O)NC[C@H]1CN(c2ccc([N+]3([O-])CCOCC3)c(F)c2)C(=O)O1. The Morgan fingerprint density at radius 2 is 2.28 bits per heavy atom. The van der Waals surface area contributed by atoms with Crippen molar-refractivity contribution in [3.63, 3.8) is 0 Å². The van der Waals surface area contributed by atoms with Gasteiger partial charge in [-0.3, -0.25) is 9.69 Å². The molecule has 0 saturated carbocycles. The molecule has 0 spiro atoms. The Balaban J connectivity index is 1.67. The van der Waals surface area contributed by atoms with Crippen LogP contribution < -0.4 is 14.9 Å². The molecule has 8 nitrogen and oxygen atoms in total. The van der Waals surface area contributed by atoms with Gasteiger partial charge in [0.15, 0.2) is 11.5 Å². The third kappa shape index (κ3) is 3.73. The van der Waals surface area contributed by atoms with Crippen molar-refractivity contribution in [2.75, 3.05) is 44.3 Å². The van der Waals surface area contributed by atoms with Crippen LogP contribution in [0.2, 0.25) is 0 Å². The number of carbonyl (C=O) groups is 2. The summed E-state index contributed by atoms with van der Waals surface area (Å²) < 4.78 is 45.0. The monoisotopic (exact) mass is 356 g/mol.